The number of nitriles is 1. The minimum absolute atomic E-state index is 0.0108. The summed E-state index contributed by atoms with van der Waals surface area (Å²) in [6.45, 7) is 8.11. The predicted molar refractivity (Wildman–Crippen MR) is 77.8 cm³/mol. The number of sulfonamides is 1. The fraction of sp³-hybridized carbons (Fsp3) is 0.500. The zero-order chi connectivity index (χ0) is 15.3. The molecule has 1 N–H and O–H groups in total. The third-order valence-electron chi connectivity index (χ3n) is 4.64. The Morgan fingerprint density at radius 1 is 1.25 bits per heavy atom. The number of nitrogens with zero attached hydrogens (tertiary/aromatic N) is 1. The fourth-order valence-corrected chi connectivity index (χ4v) is 4.57. The molecule has 0 atom stereocenters. The molecule has 0 saturated heterocycles. The lowest BCUT2D eigenvalue weighted by Crippen LogP contribution is -2.30. The number of hydrogen-bond donors (Lipinski definition) is 1. The van der Waals surface area contributed by atoms with E-state index in [4.69, 9.17) is 16.9 Å². The van der Waals surface area contributed by atoms with E-state index in [2.05, 4.69) is 4.72 Å². The number of nitrogens with one attached hydrogen (secondary N) is 1. The van der Waals surface area contributed by atoms with Crippen LogP contribution in [0.2, 0.25) is 5.02 Å². The van der Waals surface area contributed by atoms with Crippen LogP contribution in [0.5, 0.6) is 0 Å². The molecule has 1 fully saturated rings. The van der Waals surface area contributed by atoms with E-state index in [-0.39, 0.29) is 26.8 Å². The first-order valence-electron chi connectivity index (χ1n) is 6.26. The Kier molecular flexibility index (Phi) is 3.41. The minimum Gasteiger partial charge on any atom is -0.207 e. The summed E-state index contributed by atoms with van der Waals surface area (Å²) < 4.78 is 27.5. The highest BCUT2D eigenvalue weighted by Gasteiger charge is 2.66. The Morgan fingerprint density at radius 2 is 1.80 bits per heavy atom. The van der Waals surface area contributed by atoms with Crippen molar-refractivity contribution in [2.45, 2.75) is 38.6 Å². The molecule has 0 heterocycles. The smallest absolute Gasteiger partial charge is 0.207 e. The zero-order valence-corrected chi connectivity index (χ0v) is 13.4. The number of hydrogen-bond acceptors (Lipinski definition) is 3. The molecule has 6 heteroatoms. The number of halogens is 1. The van der Waals surface area contributed by atoms with Crippen LogP contribution >= 0.6 is 11.6 Å². The van der Waals surface area contributed by atoms with Gasteiger partial charge in [-0.05, 0) is 29.0 Å². The van der Waals surface area contributed by atoms with Crippen molar-refractivity contribution in [2.75, 3.05) is 0 Å². The molecule has 1 aromatic carbocycles. The summed E-state index contributed by atoms with van der Waals surface area (Å²) in [7, 11) is -3.69. The van der Waals surface area contributed by atoms with Crippen LogP contribution in [0.4, 0.5) is 0 Å². The Bertz CT molecular complexity index is 688. The molecular weight excluding hydrogens is 296 g/mol. The van der Waals surface area contributed by atoms with E-state index in [0.717, 1.165) is 0 Å². The van der Waals surface area contributed by atoms with Crippen molar-refractivity contribution in [3.05, 3.63) is 28.8 Å². The van der Waals surface area contributed by atoms with Gasteiger partial charge in [0.05, 0.1) is 16.7 Å². The van der Waals surface area contributed by atoms with Gasteiger partial charge in [0, 0.05) is 6.04 Å². The van der Waals surface area contributed by atoms with Crippen LogP contribution in [-0.2, 0) is 10.0 Å². The van der Waals surface area contributed by atoms with Crippen LogP contribution in [-0.4, -0.2) is 14.5 Å². The van der Waals surface area contributed by atoms with Crippen molar-refractivity contribution in [2.24, 2.45) is 10.8 Å². The lowest BCUT2D eigenvalue weighted by atomic mass is 10.0. The molecule has 1 aromatic rings. The number of rotatable bonds is 3. The molecule has 0 amide bonds. The number of benzene rings is 1. The normalized spacial score (nSPS) is 20.4. The summed E-state index contributed by atoms with van der Waals surface area (Å²) in [5.41, 5.74) is 0.138. The van der Waals surface area contributed by atoms with Gasteiger partial charge in [0.25, 0.3) is 0 Å². The second-order valence-electron chi connectivity index (χ2n) is 6.25. The van der Waals surface area contributed by atoms with Crippen LogP contribution in [0.3, 0.4) is 0 Å². The van der Waals surface area contributed by atoms with E-state index in [1.807, 2.05) is 33.8 Å². The van der Waals surface area contributed by atoms with Crippen LogP contribution in [0.25, 0.3) is 0 Å². The van der Waals surface area contributed by atoms with Gasteiger partial charge in [0.15, 0.2) is 0 Å². The van der Waals surface area contributed by atoms with Gasteiger partial charge in [-0.25, -0.2) is 13.1 Å². The van der Waals surface area contributed by atoms with Crippen molar-refractivity contribution in [1.82, 2.24) is 4.72 Å². The van der Waals surface area contributed by atoms with Crippen molar-refractivity contribution in [3.8, 4) is 6.07 Å². The second kappa shape index (κ2) is 4.45. The monoisotopic (exact) mass is 312 g/mol. The summed E-state index contributed by atoms with van der Waals surface area (Å²) in [6, 6.07) is 5.97. The van der Waals surface area contributed by atoms with Gasteiger partial charge in [-0.2, -0.15) is 5.26 Å². The SMILES string of the molecule is CC1(C)C(NS(=O)(=O)c2ccc(C#N)cc2Cl)C1(C)C. The third kappa shape index (κ3) is 2.22. The zero-order valence-electron chi connectivity index (χ0n) is 11.9. The highest BCUT2D eigenvalue weighted by molar-refractivity contribution is 7.89. The van der Waals surface area contributed by atoms with Crippen molar-refractivity contribution >= 4 is 21.6 Å². The van der Waals surface area contributed by atoms with Crippen molar-refractivity contribution in [3.63, 3.8) is 0 Å². The van der Waals surface area contributed by atoms with Gasteiger partial charge >= 0.3 is 0 Å². The highest BCUT2D eigenvalue weighted by Crippen LogP contribution is 2.63. The van der Waals surface area contributed by atoms with Crippen LogP contribution < -0.4 is 4.72 Å². The third-order valence-corrected chi connectivity index (χ3v) is 6.55. The van der Waals surface area contributed by atoms with Gasteiger partial charge in [-0.1, -0.05) is 39.3 Å². The van der Waals surface area contributed by atoms with Crippen LogP contribution in [0.15, 0.2) is 23.1 Å². The largest absolute Gasteiger partial charge is 0.242 e. The molecule has 0 aliphatic heterocycles. The van der Waals surface area contributed by atoms with Crippen molar-refractivity contribution in [1.29, 1.82) is 5.26 Å². The molecule has 1 saturated carbocycles. The quantitative estimate of drug-likeness (QED) is 0.933. The van der Waals surface area contributed by atoms with E-state index in [9.17, 15) is 8.42 Å². The maximum Gasteiger partial charge on any atom is 0.242 e. The first kappa shape index (κ1) is 15.3. The molecule has 4 nitrogen and oxygen atoms in total. The summed E-state index contributed by atoms with van der Waals surface area (Å²) in [5.74, 6) is 0. The molecule has 2 rings (SSSR count). The van der Waals surface area contributed by atoms with E-state index in [1.54, 1.807) is 0 Å². The average Bonchev–Trinajstić information content (AvgIpc) is 2.70. The Labute approximate surface area is 124 Å². The molecule has 0 unspecified atom stereocenters. The van der Waals surface area contributed by atoms with Gasteiger partial charge in [0.2, 0.25) is 10.0 Å². The maximum atomic E-state index is 12.4. The first-order valence-corrected chi connectivity index (χ1v) is 8.12. The highest BCUT2D eigenvalue weighted by atomic mass is 35.5. The lowest BCUT2D eigenvalue weighted by molar-refractivity contribution is 0.457. The standard InChI is InChI=1S/C14H17ClN2O2S/c1-13(2)12(14(13,3)4)17-20(18,19)11-6-5-9(8-16)7-10(11)15/h5-7,12,17H,1-4H3. The second-order valence-corrected chi connectivity index (χ2v) is 8.34. The predicted octanol–water partition coefficient (Wildman–Crippen LogP) is 2.92. The first-order chi connectivity index (χ1) is 9.04. The van der Waals surface area contributed by atoms with E-state index < -0.39 is 10.0 Å². The molecule has 1 aliphatic rings. The van der Waals surface area contributed by atoms with Crippen LogP contribution in [0.1, 0.15) is 33.3 Å². The van der Waals surface area contributed by atoms with E-state index >= 15 is 0 Å². The molecule has 1 aliphatic carbocycles. The topological polar surface area (TPSA) is 70.0 Å². The van der Waals surface area contributed by atoms with E-state index in [1.165, 1.54) is 18.2 Å². The molecular formula is C14H17ClN2O2S. The molecule has 0 radical (unpaired) electrons. The van der Waals surface area contributed by atoms with Gasteiger partial charge < -0.3 is 0 Å². The summed E-state index contributed by atoms with van der Waals surface area (Å²) in [5, 5.41) is 8.84. The Balaban J connectivity index is 2.32. The maximum absolute atomic E-state index is 12.4. The molecule has 0 aromatic heterocycles. The molecule has 108 valence electrons. The molecule has 20 heavy (non-hydrogen) atoms. The lowest BCUT2D eigenvalue weighted by Gasteiger charge is -2.10. The fourth-order valence-electron chi connectivity index (χ4n) is 2.50. The summed E-state index contributed by atoms with van der Waals surface area (Å²) >= 11 is 5.97. The van der Waals surface area contributed by atoms with Crippen molar-refractivity contribution < 1.29 is 8.42 Å². The summed E-state index contributed by atoms with van der Waals surface area (Å²) in [6.07, 6.45) is 0. The molecule has 0 bridgehead atoms. The van der Waals surface area contributed by atoms with Crippen LogP contribution in [0, 0.1) is 22.2 Å². The Hall–Kier alpha value is -1.09. The van der Waals surface area contributed by atoms with Gasteiger partial charge in [-0.3, -0.25) is 0 Å². The molecule has 0 spiro atoms. The van der Waals surface area contributed by atoms with Gasteiger partial charge in [-0.15, -0.1) is 0 Å². The average molecular weight is 313 g/mol. The van der Waals surface area contributed by atoms with E-state index in [0.29, 0.717) is 5.56 Å². The summed E-state index contributed by atoms with van der Waals surface area (Å²) in [4.78, 5) is 0.0108. The minimum atomic E-state index is -3.69. The Morgan fingerprint density at radius 3 is 2.20 bits per heavy atom. The van der Waals surface area contributed by atoms with Gasteiger partial charge in [0.1, 0.15) is 4.90 Å².